The lowest BCUT2D eigenvalue weighted by atomic mass is 10.2. The van der Waals surface area contributed by atoms with Crippen molar-refractivity contribution in [3.05, 3.63) is 64.1 Å². The van der Waals surface area contributed by atoms with Crippen molar-refractivity contribution in [1.82, 2.24) is 4.90 Å². The van der Waals surface area contributed by atoms with Crippen molar-refractivity contribution in [1.29, 1.82) is 0 Å². The second-order valence-corrected chi connectivity index (χ2v) is 5.55. The first-order valence-electron chi connectivity index (χ1n) is 6.57. The quantitative estimate of drug-likeness (QED) is 0.800. The van der Waals surface area contributed by atoms with Gasteiger partial charge in [0.1, 0.15) is 12.4 Å². The molecule has 0 fully saturated rings. The number of ether oxygens (including phenoxy) is 1. The third kappa shape index (κ3) is 4.04. The second kappa shape index (κ2) is 7.35. The molecular weight excluding hydrogens is 356 g/mol. The Balaban J connectivity index is 1.94. The Morgan fingerprint density at radius 3 is 2.64 bits per heavy atom. The fourth-order valence-electron chi connectivity index (χ4n) is 1.82. The molecule has 0 N–H and O–H groups in total. The third-order valence-corrected chi connectivity index (χ3v) is 3.52. The number of hydrogen-bond acceptors (Lipinski definition) is 2. The van der Waals surface area contributed by atoms with Gasteiger partial charge in [-0.25, -0.2) is 8.78 Å². The molecule has 0 aliphatic rings. The molecule has 1 amide bonds. The summed E-state index contributed by atoms with van der Waals surface area (Å²) < 4.78 is 32.9. The molecule has 0 bridgehead atoms. The molecule has 0 aliphatic carbocycles. The SMILES string of the molecule is CN(CCOc1ccccc1F)C(=O)c1cc(Br)ccc1F. The van der Waals surface area contributed by atoms with Gasteiger partial charge in [0.05, 0.1) is 12.1 Å². The summed E-state index contributed by atoms with van der Waals surface area (Å²) in [7, 11) is 1.54. The highest BCUT2D eigenvalue weighted by Gasteiger charge is 2.16. The summed E-state index contributed by atoms with van der Waals surface area (Å²) in [5.74, 6) is -1.39. The number of rotatable bonds is 5. The van der Waals surface area contributed by atoms with Crippen LogP contribution in [-0.4, -0.2) is 31.0 Å². The predicted octanol–water partition coefficient (Wildman–Crippen LogP) is 3.88. The minimum atomic E-state index is -0.588. The number of likely N-dealkylation sites (N-methyl/N-ethyl adjacent to an activating group) is 1. The molecule has 0 atom stereocenters. The van der Waals surface area contributed by atoms with Gasteiger partial charge in [-0.3, -0.25) is 4.79 Å². The summed E-state index contributed by atoms with van der Waals surface area (Å²) in [5.41, 5.74) is -0.0252. The fraction of sp³-hybridized carbons (Fsp3) is 0.188. The second-order valence-electron chi connectivity index (χ2n) is 4.63. The van der Waals surface area contributed by atoms with Gasteiger partial charge in [-0.1, -0.05) is 28.1 Å². The van der Waals surface area contributed by atoms with Crippen molar-refractivity contribution in [3.8, 4) is 5.75 Å². The van der Waals surface area contributed by atoms with Crippen LogP contribution in [0.15, 0.2) is 46.9 Å². The molecule has 0 aromatic heterocycles. The number of nitrogens with zero attached hydrogens (tertiary/aromatic N) is 1. The number of para-hydroxylation sites is 1. The Morgan fingerprint density at radius 2 is 1.91 bits per heavy atom. The highest BCUT2D eigenvalue weighted by atomic mass is 79.9. The number of carbonyl (C=O) groups excluding carboxylic acids is 1. The minimum absolute atomic E-state index is 0.0252. The Hall–Kier alpha value is -1.95. The van der Waals surface area contributed by atoms with E-state index < -0.39 is 17.5 Å². The first kappa shape index (κ1) is 16.4. The summed E-state index contributed by atoms with van der Waals surface area (Å²) in [6.07, 6.45) is 0. The van der Waals surface area contributed by atoms with Gasteiger partial charge in [-0.2, -0.15) is 0 Å². The van der Waals surface area contributed by atoms with Crippen molar-refractivity contribution in [2.24, 2.45) is 0 Å². The Labute approximate surface area is 135 Å². The van der Waals surface area contributed by atoms with Crippen LogP contribution >= 0.6 is 15.9 Å². The van der Waals surface area contributed by atoms with Crippen molar-refractivity contribution in [2.75, 3.05) is 20.2 Å². The van der Waals surface area contributed by atoms with Gasteiger partial charge in [-0.05, 0) is 30.3 Å². The monoisotopic (exact) mass is 369 g/mol. The van der Waals surface area contributed by atoms with Gasteiger partial charge in [0.25, 0.3) is 5.91 Å². The van der Waals surface area contributed by atoms with Crippen molar-refractivity contribution < 1.29 is 18.3 Å². The standard InChI is InChI=1S/C16H14BrF2NO2/c1-20(8-9-22-15-5-3-2-4-14(15)19)16(21)12-10-11(17)6-7-13(12)18/h2-7,10H,8-9H2,1H3. The first-order valence-corrected chi connectivity index (χ1v) is 7.36. The Morgan fingerprint density at radius 1 is 1.18 bits per heavy atom. The van der Waals surface area contributed by atoms with Crippen LogP contribution in [-0.2, 0) is 0 Å². The van der Waals surface area contributed by atoms with E-state index in [-0.39, 0.29) is 24.5 Å². The zero-order valence-corrected chi connectivity index (χ0v) is 13.4. The molecule has 0 aliphatic heterocycles. The van der Waals surface area contributed by atoms with Gasteiger partial charge in [0.15, 0.2) is 11.6 Å². The van der Waals surface area contributed by atoms with E-state index in [1.807, 2.05) is 0 Å². The zero-order valence-electron chi connectivity index (χ0n) is 11.9. The molecule has 0 saturated heterocycles. The lowest BCUT2D eigenvalue weighted by molar-refractivity contribution is 0.0768. The number of benzene rings is 2. The molecule has 0 unspecified atom stereocenters. The fourth-order valence-corrected chi connectivity index (χ4v) is 2.18. The van der Waals surface area contributed by atoms with Crippen molar-refractivity contribution >= 4 is 21.8 Å². The molecule has 0 spiro atoms. The largest absolute Gasteiger partial charge is 0.489 e. The zero-order chi connectivity index (χ0) is 16.1. The molecule has 116 valence electrons. The van der Waals surface area contributed by atoms with E-state index in [9.17, 15) is 13.6 Å². The maximum absolute atomic E-state index is 13.7. The first-order chi connectivity index (χ1) is 10.5. The van der Waals surface area contributed by atoms with Crippen LogP contribution in [0.4, 0.5) is 8.78 Å². The lowest BCUT2D eigenvalue weighted by Gasteiger charge is -2.18. The summed E-state index contributed by atoms with van der Waals surface area (Å²) >= 11 is 3.20. The van der Waals surface area contributed by atoms with E-state index in [1.165, 1.54) is 42.3 Å². The summed E-state index contributed by atoms with van der Waals surface area (Å²) in [6.45, 7) is 0.317. The van der Waals surface area contributed by atoms with Crippen molar-refractivity contribution in [3.63, 3.8) is 0 Å². The highest BCUT2D eigenvalue weighted by molar-refractivity contribution is 9.10. The van der Waals surface area contributed by atoms with Crippen LogP contribution in [0.2, 0.25) is 0 Å². The predicted molar refractivity (Wildman–Crippen MR) is 83.0 cm³/mol. The molecule has 0 heterocycles. The summed E-state index contributed by atoms with van der Waals surface area (Å²) in [6, 6.07) is 10.2. The van der Waals surface area contributed by atoms with Crippen LogP contribution < -0.4 is 4.74 Å². The van der Waals surface area contributed by atoms with Crippen LogP contribution in [0.1, 0.15) is 10.4 Å². The van der Waals surface area contributed by atoms with Gasteiger partial charge in [-0.15, -0.1) is 0 Å². The van der Waals surface area contributed by atoms with E-state index in [2.05, 4.69) is 15.9 Å². The number of halogens is 3. The van der Waals surface area contributed by atoms with Gasteiger partial charge >= 0.3 is 0 Å². The smallest absolute Gasteiger partial charge is 0.256 e. The molecule has 0 radical (unpaired) electrons. The highest BCUT2D eigenvalue weighted by Crippen LogP contribution is 2.17. The molecule has 2 aromatic rings. The van der Waals surface area contributed by atoms with Gasteiger partial charge in [0.2, 0.25) is 0 Å². The molecule has 0 saturated carbocycles. The molecule has 22 heavy (non-hydrogen) atoms. The van der Waals surface area contributed by atoms with Crippen LogP contribution in [0.3, 0.4) is 0 Å². The van der Waals surface area contributed by atoms with E-state index >= 15 is 0 Å². The average Bonchev–Trinajstić information content (AvgIpc) is 2.50. The van der Waals surface area contributed by atoms with E-state index in [1.54, 1.807) is 12.1 Å². The average molecular weight is 370 g/mol. The number of amides is 1. The Kier molecular flexibility index (Phi) is 5.49. The maximum atomic E-state index is 13.7. The third-order valence-electron chi connectivity index (χ3n) is 3.03. The van der Waals surface area contributed by atoms with Crippen LogP contribution in [0.5, 0.6) is 5.75 Å². The normalized spacial score (nSPS) is 10.4. The van der Waals surface area contributed by atoms with E-state index in [0.717, 1.165) is 0 Å². The summed E-state index contributed by atoms with van der Waals surface area (Å²) in [4.78, 5) is 13.5. The van der Waals surface area contributed by atoms with Crippen LogP contribution in [0.25, 0.3) is 0 Å². The van der Waals surface area contributed by atoms with Gasteiger partial charge < -0.3 is 9.64 Å². The van der Waals surface area contributed by atoms with E-state index in [0.29, 0.717) is 4.47 Å². The molecule has 6 heteroatoms. The molecule has 2 rings (SSSR count). The minimum Gasteiger partial charge on any atom is -0.489 e. The molecule has 2 aromatic carbocycles. The van der Waals surface area contributed by atoms with Gasteiger partial charge in [0, 0.05) is 11.5 Å². The lowest BCUT2D eigenvalue weighted by Crippen LogP contribution is -2.31. The topological polar surface area (TPSA) is 29.5 Å². The summed E-state index contributed by atoms with van der Waals surface area (Å²) in [5, 5.41) is 0. The molecular formula is C16H14BrF2NO2. The van der Waals surface area contributed by atoms with Crippen molar-refractivity contribution in [2.45, 2.75) is 0 Å². The Bertz CT molecular complexity index is 679. The van der Waals surface area contributed by atoms with Crippen LogP contribution in [0, 0.1) is 11.6 Å². The number of carbonyl (C=O) groups is 1. The maximum Gasteiger partial charge on any atom is 0.256 e. The number of hydrogen-bond donors (Lipinski definition) is 0. The molecule has 3 nitrogen and oxygen atoms in total. The van der Waals surface area contributed by atoms with E-state index in [4.69, 9.17) is 4.74 Å².